The zero-order valence-corrected chi connectivity index (χ0v) is 9.89. The number of alkyl halides is 4. The molecule has 0 spiro atoms. The van der Waals surface area contributed by atoms with Crippen molar-refractivity contribution in [2.45, 2.75) is 11.8 Å². The lowest BCUT2D eigenvalue weighted by Gasteiger charge is -2.27. The van der Waals surface area contributed by atoms with E-state index < -0.39 is 34.6 Å². The highest BCUT2D eigenvalue weighted by Gasteiger charge is 2.60. The molecule has 0 heterocycles. The Labute approximate surface area is 110 Å². The Morgan fingerprint density at radius 2 is 0.850 bits per heavy atom. The predicted molar refractivity (Wildman–Crippen MR) is 60.6 cm³/mol. The first-order chi connectivity index (χ1) is 9.28. The highest BCUT2D eigenvalue weighted by Crippen LogP contribution is 2.50. The molecule has 0 atom stereocenters. The van der Waals surface area contributed by atoms with Crippen LogP contribution in [0.1, 0.15) is 11.1 Å². The van der Waals surface area contributed by atoms with Crippen LogP contribution in [-0.4, -0.2) is 0 Å². The summed E-state index contributed by atoms with van der Waals surface area (Å²) in [6.45, 7) is 0. The van der Waals surface area contributed by atoms with Gasteiger partial charge in [0.05, 0.1) is 11.1 Å². The van der Waals surface area contributed by atoms with Crippen LogP contribution in [0.5, 0.6) is 0 Å². The van der Waals surface area contributed by atoms with Crippen molar-refractivity contribution in [2.75, 3.05) is 0 Å². The van der Waals surface area contributed by atoms with Crippen LogP contribution in [0.3, 0.4) is 0 Å². The van der Waals surface area contributed by atoms with Gasteiger partial charge in [0.2, 0.25) is 0 Å². The van der Waals surface area contributed by atoms with Crippen LogP contribution >= 0.6 is 0 Å². The van der Waals surface area contributed by atoms with E-state index in [4.69, 9.17) is 0 Å². The van der Waals surface area contributed by atoms with Crippen LogP contribution in [0.15, 0.2) is 48.5 Å². The van der Waals surface area contributed by atoms with Gasteiger partial charge in [0, 0.05) is 0 Å². The molecule has 2 rings (SSSR count). The molecule has 6 heteroatoms. The summed E-state index contributed by atoms with van der Waals surface area (Å²) in [5.74, 6) is -12.7. The van der Waals surface area contributed by atoms with Crippen LogP contribution in [0.2, 0.25) is 0 Å². The van der Waals surface area contributed by atoms with Crippen LogP contribution in [0.25, 0.3) is 0 Å². The van der Waals surface area contributed by atoms with E-state index in [1.807, 2.05) is 0 Å². The molecule has 0 radical (unpaired) electrons. The van der Waals surface area contributed by atoms with Crippen molar-refractivity contribution in [3.05, 3.63) is 71.3 Å². The van der Waals surface area contributed by atoms with Gasteiger partial charge in [-0.05, 0) is 24.3 Å². The van der Waals surface area contributed by atoms with E-state index in [1.54, 1.807) is 0 Å². The molecule has 0 aliphatic rings. The number of rotatable bonds is 3. The van der Waals surface area contributed by atoms with Crippen LogP contribution in [0.4, 0.5) is 26.3 Å². The fraction of sp³-hybridized carbons (Fsp3) is 0.143. The maximum absolute atomic E-state index is 13.9. The molecule has 2 aromatic rings. The number of halogens is 6. The Morgan fingerprint density at radius 3 is 1.15 bits per heavy atom. The quantitative estimate of drug-likeness (QED) is 0.709. The monoisotopic (exact) mass is 290 g/mol. The predicted octanol–water partition coefficient (Wildman–Crippen LogP) is 4.85. The molecular formula is C14H8F6. The van der Waals surface area contributed by atoms with Crippen molar-refractivity contribution >= 4 is 0 Å². The second kappa shape index (κ2) is 4.85. The molecule has 20 heavy (non-hydrogen) atoms. The third kappa shape index (κ3) is 2.15. The van der Waals surface area contributed by atoms with E-state index in [0.29, 0.717) is 24.3 Å². The van der Waals surface area contributed by atoms with E-state index in [-0.39, 0.29) is 0 Å². The highest BCUT2D eigenvalue weighted by atomic mass is 19.3. The highest BCUT2D eigenvalue weighted by molar-refractivity contribution is 5.31. The summed E-state index contributed by atoms with van der Waals surface area (Å²) in [5.41, 5.74) is -2.96. The van der Waals surface area contributed by atoms with Crippen molar-refractivity contribution in [1.29, 1.82) is 0 Å². The van der Waals surface area contributed by atoms with Gasteiger partial charge in [0.25, 0.3) is 0 Å². The first-order valence-corrected chi connectivity index (χ1v) is 5.54. The van der Waals surface area contributed by atoms with E-state index in [0.717, 1.165) is 24.3 Å². The Hall–Kier alpha value is -1.98. The smallest absolute Gasteiger partial charge is 0.206 e. The summed E-state index contributed by atoms with van der Waals surface area (Å²) >= 11 is 0. The molecule has 0 aliphatic carbocycles. The lowest BCUT2D eigenvalue weighted by atomic mass is 9.95. The SMILES string of the molecule is Fc1ccccc1C(F)(F)C(F)(F)c1ccccc1F. The van der Waals surface area contributed by atoms with Crippen LogP contribution in [0, 0.1) is 11.6 Å². The number of hydrogen-bond acceptors (Lipinski definition) is 0. The lowest BCUT2D eigenvalue weighted by molar-refractivity contribution is -0.226. The molecule has 0 fully saturated rings. The molecule has 106 valence electrons. The lowest BCUT2D eigenvalue weighted by Crippen LogP contribution is -2.37. The van der Waals surface area contributed by atoms with Gasteiger partial charge in [-0.25, -0.2) is 8.78 Å². The van der Waals surface area contributed by atoms with E-state index in [9.17, 15) is 26.3 Å². The summed E-state index contributed by atoms with van der Waals surface area (Å²) in [6.07, 6.45) is 0. The van der Waals surface area contributed by atoms with Gasteiger partial charge in [-0.1, -0.05) is 24.3 Å². The summed E-state index contributed by atoms with van der Waals surface area (Å²) in [6, 6.07) is 6.56. The van der Waals surface area contributed by atoms with Gasteiger partial charge in [-0.2, -0.15) is 17.6 Å². The molecule has 0 unspecified atom stereocenters. The van der Waals surface area contributed by atoms with E-state index in [1.165, 1.54) is 0 Å². The third-order valence-electron chi connectivity index (χ3n) is 2.82. The third-order valence-corrected chi connectivity index (χ3v) is 2.82. The number of benzene rings is 2. The molecular weight excluding hydrogens is 282 g/mol. The molecule has 0 nitrogen and oxygen atoms in total. The normalized spacial score (nSPS) is 12.5. The van der Waals surface area contributed by atoms with Crippen molar-refractivity contribution in [3.63, 3.8) is 0 Å². The Bertz CT molecular complexity index is 565. The minimum Gasteiger partial charge on any atom is -0.206 e. The molecule has 0 bridgehead atoms. The molecule has 0 aliphatic heterocycles. The summed E-state index contributed by atoms with van der Waals surface area (Å²) < 4.78 is 82.3. The Morgan fingerprint density at radius 1 is 0.550 bits per heavy atom. The van der Waals surface area contributed by atoms with Gasteiger partial charge < -0.3 is 0 Å². The van der Waals surface area contributed by atoms with Crippen molar-refractivity contribution in [2.24, 2.45) is 0 Å². The molecule has 0 aromatic heterocycles. The average Bonchev–Trinajstić information content (AvgIpc) is 2.39. The second-order valence-corrected chi connectivity index (χ2v) is 4.11. The zero-order valence-electron chi connectivity index (χ0n) is 9.89. The Kier molecular flexibility index (Phi) is 3.50. The summed E-state index contributed by atoms with van der Waals surface area (Å²) in [7, 11) is 0. The maximum Gasteiger partial charge on any atom is 0.342 e. The van der Waals surface area contributed by atoms with Crippen LogP contribution < -0.4 is 0 Å². The standard InChI is InChI=1S/C14H8F6/c15-11-7-3-1-5-9(11)13(17,18)14(19,20)10-6-2-4-8-12(10)16/h1-8H. The van der Waals surface area contributed by atoms with Gasteiger partial charge in [-0.15, -0.1) is 0 Å². The van der Waals surface area contributed by atoms with Gasteiger partial charge >= 0.3 is 11.8 Å². The summed E-state index contributed by atoms with van der Waals surface area (Å²) in [5, 5.41) is 0. The fourth-order valence-corrected chi connectivity index (χ4v) is 1.77. The minimum absolute atomic E-state index is 0.546. The number of hydrogen-bond donors (Lipinski definition) is 0. The van der Waals surface area contributed by atoms with Crippen LogP contribution in [-0.2, 0) is 11.8 Å². The minimum atomic E-state index is -4.87. The van der Waals surface area contributed by atoms with Gasteiger partial charge in [0.15, 0.2) is 0 Å². The van der Waals surface area contributed by atoms with Gasteiger partial charge in [-0.3, -0.25) is 0 Å². The van der Waals surface area contributed by atoms with Gasteiger partial charge in [0.1, 0.15) is 11.6 Å². The van der Waals surface area contributed by atoms with Crippen molar-refractivity contribution < 1.29 is 26.3 Å². The maximum atomic E-state index is 13.9. The molecule has 0 amide bonds. The second-order valence-electron chi connectivity index (χ2n) is 4.11. The topological polar surface area (TPSA) is 0 Å². The molecule has 0 saturated carbocycles. The van der Waals surface area contributed by atoms with E-state index >= 15 is 0 Å². The largest absolute Gasteiger partial charge is 0.342 e. The van der Waals surface area contributed by atoms with Crippen molar-refractivity contribution in [3.8, 4) is 0 Å². The molecule has 2 aromatic carbocycles. The first kappa shape index (κ1) is 14.4. The van der Waals surface area contributed by atoms with Crippen molar-refractivity contribution in [1.82, 2.24) is 0 Å². The molecule has 0 saturated heterocycles. The fourth-order valence-electron chi connectivity index (χ4n) is 1.77. The molecule has 0 N–H and O–H groups in total. The zero-order chi connectivity index (χ0) is 15.0. The summed E-state index contributed by atoms with van der Waals surface area (Å²) in [4.78, 5) is 0. The average molecular weight is 290 g/mol. The Balaban J connectivity index is 2.58. The first-order valence-electron chi connectivity index (χ1n) is 5.54. The van der Waals surface area contributed by atoms with E-state index in [2.05, 4.69) is 0 Å².